The predicted octanol–water partition coefficient (Wildman–Crippen LogP) is 4.69. The number of pyridine rings is 1. The van der Waals surface area contributed by atoms with Crippen molar-refractivity contribution in [2.75, 3.05) is 5.32 Å². The van der Waals surface area contributed by atoms with Crippen molar-refractivity contribution in [2.24, 2.45) is 0 Å². The van der Waals surface area contributed by atoms with E-state index in [4.69, 9.17) is 16.9 Å². The Morgan fingerprint density at radius 2 is 1.89 bits per heavy atom. The minimum absolute atomic E-state index is 0.0308. The summed E-state index contributed by atoms with van der Waals surface area (Å²) < 4.78 is 27.0. The van der Waals surface area contributed by atoms with Gasteiger partial charge in [-0.25, -0.2) is 8.78 Å². The summed E-state index contributed by atoms with van der Waals surface area (Å²) in [7, 11) is 0. The Morgan fingerprint density at radius 3 is 2.54 bits per heavy atom. The monoisotopic (exact) mass is 399 g/mol. The highest BCUT2D eigenvalue weighted by Gasteiger charge is 2.16. The molecule has 0 aliphatic rings. The molecule has 0 saturated carbocycles. The third-order valence-electron chi connectivity index (χ3n) is 4.41. The summed E-state index contributed by atoms with van der Waals surface area (Å²) in [6.45, 7) is 1.79. The summed E-state index contributed by atoms with van der Waals surface area (Å²) in [5.41, 5.74) is 3.03. The number of aryl methyl sites for hydroxylation is 1. The third-order valence-corrected chi connectivity index (χ3v) is 4.77. The van der Waals surface area contributed by atoms with Gasteiger partial charge in [0.2, 0.25) is 0 Å². The number of halogens is 3. The standard InChI is InChI=1S/C21H16ClF2N3O/c1-12-17(8-13-2-4-14(10-25)5-3-13)20(19(22)21(28)27-12)26-11-15-6-7-16(23)9-18(15)24/h2-7,9H,8,11H2,1H3,(H2,26,27,28). The molecular formula is C21H16ClF2N3O. The van der Waals surface area contributed by atoms with Crippen molar-refractivity contribution < 1.29 is 8.78 Å². The number of aromatic nitrogens is 1. The molecule has 0 amide bonds. The van der Waals surface area contributed by atoms with Gasteiger partial charge in [0.05, 0.1) is 17.3 Å². The van der Waals surface area contributed by atoms with Crippen LogP contribution in [0.15, 0.2) is 47.3 Å². The molecule has 28 heavy (non-hydrogen) atoms. The lowest BCUT2D eigenvalue weighted by molar-refractivity contribution is 0.574. The number of aromatic amines is 1. The quantitative estimate of drug-likeness (QED) is 0.654. The van der Waals surface area contributed by atoms with Crippen molar-refractivity contribution in [3.63, 3.8) is 0 Å². The Labute approximate surface area is 165 Å². The second-order valence-corrected chi connectivity index (χ2v) is 6.70. The van der Waals surface area contributed by atoms with Crippen LogP contribution in [0.1, 0.15) is 27.9 Å². The molecule has 4 nitrogen and oxygen atoms in total. The maximum Gasteiger partial charge on any atom is 0.269 e. The van der Waals surface area contributed by atoms with Crippen LogP contribution in [0, 0.1) is 29.9 Å². The van der Waals surface area contributed by atoms with Gasteiger partial charge in [-0.15, -0.1) is 0 Å². The number of nitrogens with one attached hydrogen (secondary N) is 2. The zero-order valence-corrected chi connectivity index (χ0v) is 15.7. The fourth-order valence-electron chi connectivity index (χ4n) is 2.89. The third kappa shape index (κ3) is 4.21. The highest BCUT2D eigenvalue weighted by Crippen LogP contribution is 2.28. The molecule has 0 spiro atoms. The lowest BCUT2D eigenvalue weighted by Gasteiger charge is -2.16. The molecule has 0 radical (unpaired) electrons. The molecule has 1 aromatic heterocycles. The summed E-state index contributed by atoms with van der Waals surface area (Å²) in [5.74, 6) is -1.34. The normalized spacial score (nSPS) is 10.5. The molecule has 0 bridgehead atoms. The van der Waals surface area contributed by atoms with Gasteiger partial charge in [-0.05, 0) is 30.7 Å². The van der Waals surface area contributed by atoms with Gasteiger partial charge < -0.3 is 10.3 Å². The lowest BCUT2D eigenvalue weighted by Crippen LogP contribution is -2.16. The van der Waals surface area contributed by atoms with E-state index in [1.165, 1.54) is 12.1 Å². The maximum atomic E-state index is 13.9. The minimum atomic E-state index is -0.682. The fourth-order valence-corrected chi connectivity index (χ4v) is 3.12. The first-order valence-corrected chi connectivity index (χ1v) is 8.85. The molecule has 3 rings (SSSR count). The van der Waals surface area contributed by atoms with E-state index in [0.717, 1.165) is 17.2 Å². The van der Waals surface area contributed by atoms with Crippen molar-refractivity contribution in [3.05, 3.63) is 97.4 Å². The summed E-state index contributed by atoms with van der Waals surface area (Å²) in [6, 6.07) is 12.4. The second-order valence-electron chi connectivity index (χ2n) is 6.32. The Morgan fingerprint density at radius 1 is 1.18 bits per heavy atom. The van der Waals surface area contributed by atoms with Crippen molar-refractivity contribution in [3.8, 4) is 6.07 Å². The van der Waals surface area contributed by atoms with E-state index < -0.39 is 17.2 Å². The van der Waals surface area contributed by atoms with E-state index >= 15 is 0 Å². The minimum Gasteiger partial charge on any atom is -0.379 e. The molecule has 0 fully saturated rings. The van der Waals surface area contributed by atoms with E-state index in [0.29, 0.717) is 23.4 Å². The predicted molar refractivity (Wildman–Crippen MR) is 104 cm³/mol. The van der Waals surface area contributed by atoms with E-state index in [1.54, 1.807) is 19.1 Å². The van der Waals surface area contributed by atoms with Crippen LogP contribution in [0.4, 0.5) is 14.5 Å². The molecule has 142 valence electrons. The summed E-state index contributed by atoms with van der Waals surface area (Å²) >= 11 is 6.21. The smallest absolute Gasteiger partial charge is 0.269 e. The van der Waals surface area contributed by atoms with Gasteiger partial charge in [-0.2, -0.15) is 5.26 Å². The number of hydrogen-bond acceptors (Lipinski definition) is 3. The van der Waals surface area contributed by atoms with E-state index in [9.17, 15) is 13.6 Å². The Kier molecular flexibility index (Phi) is 5.76. The fraction of sp³-hybridized carbons (Fsp3) is 0.143. The maximum absolute atomic E-state index is 13.9. The van der Waals surface area contributed by atoms with Crippen LogP contribution in [-0.2, 0) is 13.0 Å². The van der Waals surface area contributed by atoms with Gasteiger partial charge in [-0.1, -0.05) is 29.8 Å². The lowest BCUT2D eigenvalue weighted by atomic mass is 10.0. The molecule has 0 saturated heterocycles. The number of hydrogen-bond donors (Lipinski definition) is 2. The van der Waals surface area contributed by atoms with Gasteiger partial charge in [-0.3, -0.25) is 4.79 Å². The number of nitrogens with zero attached hydrogens (tertiary/aromatic N) is 1. The van der Waals surface area contributed by atoms with Crippen molar-refractivity contribution in [1.82, 2.24) is 4.98 Å². The van der Waals surface area contributed by atoms with Crippen LogP contribution in [0.25, 0.3) is 0 Å². The van der Waals surface area contributed by atoms with E-state index in [1.807, 2.05) is 12.1 Å². The average Bonchev–Trinajstić information content (AvgIpc) is 2.67. The molecule has 7 heteroatoms. The van der Waals surface area contributed by atoms with Crippen LogP contribution in [0.2, 0.25) is 5.02 Å². The molecule has 0 unspecified atom stereocenters. The van der Waals surface area contributed by atoms with Gasteiger partial charge in [0.25, 0.3) is 5.56 Å². The Hall–Kier alpha value is -3.17. The van der Waals surface area contributed by atoms with Gasteiger partial charge in [0.15, 0.2) is 0 Å². The number of nitriles is 1. The second kappa shape index (κ2) is 8.24. The zero-order valence-electron chi connectivity index (χ0n) is 14.9. The zero-order chi connectivity index (χ0) is 20.3. The molecule has 2 N–H and O–H groups in total. The first-order valence-electron chi connectivity index (χ1n) is 8.47. The molecule has 3 aromatic rings. The Balaban J connectivity index is 1.94. The summed E-state index contributed by atoms with van der Waals surface area (Å²) in [4.78, 5) is 14.8. The van der Waals surface area contributed by atoms with Crippen molar-refractivity contribution in [1.29, 1.82) is 5.26 Å². The largest absolute Gasteiger partial charge is 0.379 e. The van der Waals surface area contributed by atoms with E-state index in [-0.39, 0.29) is 17.1 Å². The summed E-state index contributed by atoms with van der Waals surface area (Å²) in [6.07, 6.45) is 0.447. The highest BCUT2D eigenvalue weighted by atomic mass is 35.5. The number of benzene rings is 2. The topological polar surface area (TPSA) is 68.7 Å². The molecular weight excluding hydrogens is 384 g/mol. The van der Waals surface area contributed by atoms with Crippen LogP contribution in [-0.4, -0.2) is 4.98 Å². The average molecular weight is 400 g/mol. The highest BCUT2D eigenvalue weighted by molar-refractivity contribution is 6.33. The number of H-pyrrole nitrogens is 1. The molecule has 1 heterocycles. The van der Waals surface area contributed by atoms with Crippen LogP contribution < -0.4 is 10.9 Å². The van der Waals surface area contributed by atoms with E-state index in [2.05, 4.69) is 16.4 Å². The van der Waals surface area contributed by atoms with Gasteiger partial charge in [0.1, 0.15) is 16.7 Å². The Bertz CT molecular complexity index is 1120. The molecule has 0 atom stereocenters. The van der Waals surface area contributed by atoms with Crippen LogP contribution in [0.5, 0.6) is 0 Å². The van der Waals surface area contributed by atoms with Crippen molar-refractivity contribution in [2.45, 2.75) is 19.9 Å². The van der Waals surface area contributed by atoms with Crippen molar-refractivity contribution >= 4 is 17.3 Å². The van der Waals surface area contributed by atoms with Crippen LogP contribution >= 0.6 is 11.6 Å². The van der Waals surface area contributed by atoms with Gasteiger partial charge >= 0.3 is 0 Å². The SMILES string of the molecule is Cc1[nH]c(=O)c(Cl)c(NCc2ccc(F)cc2F)c1Cc1ccc(C#N)cc1. The van der Waals surface area contributed by atoms with Crippen LogP contribution in [0.3, 0.4) is 0 Å². The first-order chi connectivity index (χ1) is 13.4. The summed E-state index contributed by atoms with van der Waals surface area (Å²) in [5, 5.41) is 11.9. The van der Waals surface area contributed by atoms with Gasteiger partial charge in [0, 0.05) is 35.9 Å². The molecule has 2 aromatic carbocycles. The first kappa shape index (κ1) is 19.6. The number of anilines is 1. The molecule has 0 aliphatic carbocycles. The number of rotatable bonds is 5. The molecule has 0 aliphatic heterocycles.